The average Bonchev–Trinajstić information content (AvgIpc) is 3.01. The Labute approximate surface area is 232 Å². The number of hydrogen-bond acceptors (Lipinski definition) is 1. The molecule has 0 N–H and O–H groups in total. The lowest BCUT2D eigenvalue weighted by Gasteiger charge is -2.25. The summed E-state index contributed by atoms with van der Waals surface area (Å²) in [6, 6.07) is 48.5. The molecule has 0 radical (unpaired) electrons. The molecule has 1 heteroatoms. The Hall–Kier alpha value is -5.14. The van der Waals surface area contributed by atoms with Gasteiger partial charge in [0.05, 0.1) is 0 Å². The van der Waals surface area contributed by atoms with Crippen LogP contribution >= 0.6 is 0 Å². The number of hydrogen-bond donors (Lipinski definition) is 0. The number of para-hydroxylation sites is 1. The summed E-state index contributed by atoms with van der Waals surface area (Å²) in [6.45, 7) is 0. The molecule has 0 heterocycles. The van der Waals surface area contributed by atoms with Crippen molar-refractivity contribution < 1.29 is 0 Å². The van der Waals surface area contributed by atoms with Gasteiger partial charge in [-0.05, 0) is 58.7 Å². The highest BCUT2D eigenvalue weighted by molar-refractivity contribution is 5.77. The first-order chi connectivity index (χ1) is 19.3. The van der Waals surface area contributed by atoms with E-state index < -0.39 is 0 Å². The predicted molar refractivity (Wildman–Crippen MR) is 170 cm³/mol. The predicted octanol–water partition coefficient (Wildman–Crippen LogP) is 10.6. The quantitative estimate of drug-likeness (QED) is 0.182. The van der Waals surface area contributed by atoms with Crippen molar-refractivity contribution in [1.29, 1.82) is 0 Å². The van der Waals surface area contributed by atoms with Gasteiger partial charge in [0.2, 0.25) is 0 Å². The molecule has 0 saturated carbocycles. The number of nitrogens with zero attached hydrogens (tertiary/aromatic N) is 1. The van der Waals surface area contributed by atoms with Gasteiger partial charge in [0.15, 0.2) is 0 Å². The summed E-state index contributed by atoms with van der Waals surface area (Å²) in [5, 5.41) is 0. The van der Waals surface area contributed by atoms with Crippen LogP contribution in [0.5, 0.6) is 0 Å². The molecule has 0 aliphatic rings. The minimum absolute atomic E-state index is 1.12. The van der Waals surface area contributed by atoms with Crippen molar-refractivity contribution in [3.8, 4) is 0 Å². The average molecular weight is 502 g/mol. The monoisotopic (exact) mass is 501 g/mol. The van der Waals surface area contributed by atoms with Crippen LogP contribution in [0.1, 0.15) is 22.3 Å². The van der Waals surface area contributed by atoms with Gasteiger partial charge in [0.1, 0.15) is 0 Å². The van der Waals surface area contributed by atoms with Gasteiger partial charge in [0.25, 0.3) is 0 Å². The summed E-state index contributed by atoms with van der Waals surface area (Å²) < 4.78 is 0. The smallest absolute Gasteiger partial charge is 0.0462 e. The zero-order valence-electron chi connectivity index (χ0n) is 21.8. The second-order valence-electron chi connectivity index (χ2n) is 9.11. The van der Waals surface area contributed by atoms with Crippen LogP contribution in [0.25, 0.3) is 24.3 Å². The van der Waals surface area contributed by atoms with Crippen LogP contribution in [0.15, 0.2) is 164 Å². The largest absolute Gasteiger partial charge is 0.311 e. The molecule has 5 aromatic rings. The van der Waals surface area contributed by atoms with Gasteiger partial charge in [0, 0.05) is 17.1 Å². The van der Waals surface area contributed by atoms with Gasteiger partial charge in [-0.3, -0.25) is 0 Å². The number of anilines is 3. The van der Waals surface area contributed by atoms with E-state index in [2.05, 4.69) is 181 Å². The molecule has 188 valence electrons. The van der Waals surface area contributed by atoms with Crippen LogP contribution in [-0.4, -0.2) is 0 Å². The maximum Gasteiger partial charge on any atom is 0.0462 e. The Morgan fingerprint density at radius 2 is 0.564 bits per heavy atom. The van der Waals surface area contributed by atoms with E-state index >= 15 is 0 Å². The molecule has 0 aliphatic heterocycles. The van der Waals surface area contributed by atoms with E-state index in [1.807, 2.05) is 12.1 Å². The third-order valence-corrected chi connectivity index (χ3v) is 6.29. The van der Waals surface area contributed by atoms with Crippen molar-refractivity contribution in [2.45, 2.75) is 0 Å². The zero-order valence-corrected chi connectivity index (χ0v) is 21.8. The Kier molecular flexibility index (Phi) is 8.78. The summed E-state index contributed by atoms with van der Waals surface area (Å²) in [4.78, 5) is 2.28. The third-order valence-electron chi connectivity index (χ3n) is 6.29. The van der Waals surface area contributed by atoms with Gasteiger partial charge >= 0.3 is 0 Å². The molecule has 0 fully saturated rings. The van der Waals surface area contributed by atoms with E-state index in [1.165, 1.54) is 11.1 Å². The number of allylic oxidation sites excluding steroid dienone is 4. The maximum absolute atomic E-state index is 2.28. The van der Waals surface area contributed by atoms with Crippen molar-refractivity contribution in [3.05, 3.63) is 186 Å². The lowest BCUT2D eigenvalue weighted by atomic mass is 10.1. The van der Waals surface area contributed by atoms with Crippen LogP contribution in [0.3, 0.4) is 0 Å². The summed E-state index contributed by atoms with van der Waals surface area (Å²) in [5.41, 5.74) is 8.07. The highest BCUT2D eigenvalue weighted by Gasteiger charge is 2.11. The fourth-order valence-electron chi connectivity index (χ4n) is 4.29. The molecule has 0 aliphatic carbocycles. The topological polar surface area (TPSA) is 3.24 Å². The summed E-state index contributed by atoms with van der Waals surface area (Å²) in [7, 11) is 0. The Bertz CT molecular complexity index is 1440. The third kappa shape index (κ3) is 7.44. The molecule has 5 rings (SSSR count). The minimum atomic E-state index is 1.12. The molecule has 0 spiro atoms. The fourth-order valence-corrected chi connectivity index (χ4v) is 4.29. The fraction of sp³-hybridized carbons (Fsp3) is 0. The molecule has 0 atom stereocenters. The first-order valence-electron chi connectivity index (χ1n) is 13.2. The van der Waals surface area contributed by atoms with Gasteiger partial charge in [-0.1, -0.05) is 152 Å². The molecule has 0 aromatic heterocycles. The highest BCUT2D eigenvalue weighted by Crippen LogP contribution is 2.34. The van der Waals surface area contributed by atoms with Crippen molar-refractivity contribution >= 4 is 41.4 Å². The maximum atomic E-state index is 2.28. The van der Waals surface area contributed by atoms with Crippen LogP contribution in [-0.2, 0) is 0 Å². The first-order valence-corrected chi connectivity index (χ1v) is 13.2. The number of benzene rings is 5. The minimum Gasteiger partial charge on any atom is -0.311 e. The molecule has 39 heavy (non-hydrogen) atoms. The summed E-state index contributed by atoms with van der Waals surface area (Å²) >= 11 is 0. The van der Waals surface area contributed by atoms with Gasteiger partial charge in [-0.15, -0.1) is 0 Å². The molecule has 0 saturated heterocycles. The SMILES string of the molecule is C(/C=C/c1ccc(N(c2ccccc2)c2ccc(/C=C/C=C/c3ccccc3)cc2)cc1)=C\c1ccccc1. The molecule has 0 amide bonds. The second-order valence-corrected chi connectivity index (χ2v) is 9.11. The molecule has 0 unspecified atom stereocenters. The first kappa shape index (κ1) is 25.5. The number of rotatable bonds is 9. The normalized spacial score (nSPS) is 11.7. The van der Waals surface area contributed by atoms with E-state index in [9.17, 15) is 0 Å². The van der Waals surface area contributed by atoms with Crippen molar-refractivity contribution in [2.75, 3.05) is 4.90 Å². The Balaban J connectivity index is 1.31. The van der Waals surface area contributed by atoms with Crippen LogP contribution in [0, 0.1) is 0 Å². The van der Waals surface area contributed by atoms with Gasteiger partial charge in [-0.25, -0.2) is 0 Å². The highest BCUT2D eigenvalue weighted by atomic mass is 15.1. The van der Waals surface area contributed by atoms with Crippen LogP contribution in [0.4, 0.5) is 17.1 Å². The van der Waals surface area contributed by atoms with Gasteiger partial charge in [-0.2, -0.15) is 0 Å². The van der Waals surface area contributed by atoms with E-state index in [1.54, 1.807) is 0 Å². The molecular formula is C38H31N. The molecular weight excluding hydrogens is 470 g/mol. The summed E-state index contributed by atoms with van der Waals surface area (Å²) in [6.07, 6.45) is 16.8. The Morgan fingerprint density at radius 3 is 0.923 bits per heavy atom. The lowest BCUT2D eigenvalue weighted by Crippen LogP contribution is -2.09. The molecule has 1 nitrogen and oxygen atoms in total. The lowest BCUT2D eigenvalue weighted by molar-refractivity contribution is 1.28. The van der Waals surface area contributed by atoms with Gasteiger partial charge < -0.3 is 4.90 Å². The molecule has 5 aromatic carbocycles. The van der Waals surface area contributed by atoms with Crippen LogP contribution in [0.2, 0.25) is 0 Å². The van der Waals surface area contributed by atoms with Crippen molar-refractivity contribution in [2.24, 2.45) is 0 Å². The van der Waals surface area contributed by atoms with Crippen molar-refractivity contribution in [1.82, 2.24) is 0 Å². The van der Waals surface area contributed by atoms with E-state index in [0.717, 1.165) is 28.2 Å². The van der Waals surface area contributed by atoms with Crippen molar-refractivity contribution in [3.63, 3.8) is 0 Å². The standard InChI is InChI=1S/C38H31N/c1-4-14-32(15-5-1)18-10-12-20-34-24-28-37(29-25-34)39(36-22-8-3-9-23-36)38-30-26-35(27-31-38)21-13-11-19-33-16-6-2-7-17-33/h1-31H/b18-10+,19-11+,20-12+,21-13+. The van der Waals surface area contributed by atoms with Crippen LogP contribution < -0.4 is 4.90 Å². The van der Waals surface area contributed by atoms with E-state index in [0.29, 0.717) is 0 Å². The molecule has 0 bridgehead atoms. The second kappa shape index (κ2) is 13.4. The summed E-state index contributed by atoms with van der Waals surface area (Å²) in [5.74, 6) is 0. The van der Waals surface area contributed by atoms with E-state index in [4.69, 9.17) is 0 Å². The Morgan fingerprint density at radius 1 is 0.282 bits per heavy atom. The van der Waals surface area contributed by atoms with E-state index in [-0.39, 0.29) is 0 Å². The zero-order chi connectivity index (χ0) is 26.5.